The molecule has 0 aromatic heterocycles. The first-order valence-electron chi connectivity index (χ1n) is 2.64. The minimum Gasteiger partial charge on any atom is -0.481 e. The summed E-state index contributed by atoms with van der Waals surface area (Å²) in [6.07, 6.45) is 2.21. The highest BCUT2D eigenvalue weighted by molar-refractivity contribution is 7.84. The fourth-order valence-corrected chi connectivity index (χ4v) is 0.978. The average Bonchev–Trinajstić information content (AvgIpc) is 1.63. The Hall–Kier alpha value is -0.380. The Bertz CT molecular complexity index is 107. The number of aliphatic carboxylic acids is 1. The maximum Gasteiger partial charge on any atom is 0.303 e. The van der Waals surface area contributed by atoms with Gasteiger partial charge in [0.1, 0.15) is 0 Å². The van der Waals surface area contributed by atoms with Crippen molar-refractivity contribution >= 4 is 16.8 Å². The van der Waals surface area contributed by atoms with Crippen molar-refractivity contribution in [2.45, 2.75) is 12.8 Å². The van der Waals surface area contributed by atoms with E-state index >= 15 is 0 Å². The zero-order valence-corrected chi connectivity index (χ0v) is 6.11. The van der Waals surface area contributed by atoms with Gasteiger partial charge in [0, 0.05) is 29.2 Å². The molecule has 0 aromatic rings. The molecule has 1 N–H and O–H groups in total. The summed E-state index contributed by atoms with van der Waals surface area (Å²) in [6.45, 7) is 0. The van der Waals surface area contributed by atoms with Gasteiger partial charge in [-0.2, -0.15) is 0 Å². The molecule has 4 heteroatoms. The molecule has 0 radical (unpaired) electrons. The molecule has 0 aliphatic heterocycles. The fourth-order valence-electron chi connectivity index (χ4n) is 0.427. The second kappa shape index (κ2) is 4.49. The lowest BCUT2D eigenvalue weighted by molar-refractivity contribution is -0.137. The third kappa shape index (κ3) is 7.62. The van der Waals surface area contributed by atoms with Gasteiger partial charge >= 0.3 is 5.97 Å². The first-order valence-corrected chi connectivity index (χ1v) is 4.37. The topological polar surface area (TPSA) is 54.4 Å². The molecule has 0 bridgehead atoms. The fraction of sp³-hybridized carbons (Fsp3) is 0.800. The van der Waals surface area contributed by atoms with Crippen LogP contribution in [-0.4, -0.2) is 27.3 Å². The van der Waals surface area contributed by atoms with Crippen LogP contribution in [0.25, 0.3) is 0 Å². The summed E-state index contributed by atoms with van der Waals surface area (Å²) in [5, 5.41) is 8.13. The lowest BCUT2D eigenvalue weighted by Crippen LogP contribution is -1.99. The summed E-state index contributed by atoms with van der Waals surface area (Å²) >= 11 is 0. The maximum atomic E-state index is 10.3. The van der Waals surface area contributed by atoms with E-state index in [1.165, 1.54) is 0 Å². The summed E-state index contributed by atoms with van der Waals surface area (Å²) in [5.41, 5.74) is 0. The summed E-state index contributed by atoms with van der Waals surface area (Å²) in [6, 6.07) is 0. The predicted octanol–water partition coefficient (Wildman–Crippen LogP) is 0.230. The van der Waals surface area contributed by atoms with E-state index in [-0.39, 0.29) is 6.42 Å². The van der Waals surface area contributed by atoms with Crippen molar-refractivity contribution in [1.82, 2.24) is 0 Å². The first-order chi connectivity index (χ1) is 4.13. The molecule has 0 aliphatic rings. The molecule has 0 rings (SSSR count). The van der Waals surface area contributed by atoms with Crippen molar-refractivity contribution in [3.8, 4) is 0 Å². The van der Waals surface area contributed by atoms with Crippen molar-refractivity contribution < 1.29 is 14.1 Å². The Morgan fingerprint density at radius 2 is 2.22 bits per heavy atom. The number of carboxylic acid groups (broad SMARTS) is 1. The molecule has 0 saturated carbocycles. The van der Waals surface area contributed by atoms with Gasteiger partial charge in [0.25, 0.3) is 0 Å². The van der Waals surface area contributed by atoms with Crippen molar-refractivity contribution in [2.24, 2.45) is 0 Å². The van der Waals surface area contributed by atoms with Crippen LogP contribution in [-0.2, 0) is 15.6 Å². The standard InChI is InChI=1S/C5H10O3S/c1-9(8)4-2-3-5(6)7/h2-4H2,1H3,(H,6,7). The van der Waals surface area contributed by atoms with Crippen molar-refractivity contribution in [3.63, 3.8) is 0 Å². The Morgan fingerprint density at radius 3 is 2.56 bits per heavy atom. The van der Waals surface area contributed by atoms with Crippen LogP contribution in [0.2, 0.25) is 0 Å². The van der Waals surface area contributed by atoms with Gasteiger partial charge in [-0.05, 0) is 6.42 Å². The van der Waals surface area contributed by atoms with E-state index in [4.69, 9.17) is 5.11 Å². The summed E-state index contributed by atoms with van der Waals surface area (Å²) in [5.74, 6) is -0.327. The molecule has 0 saturated heterocycles. The normalized spacial score (nSPS) is 13.0. The van der Waals surface area contributed by atoms with E-state index < -0.39 is 16.8 Å². The minimum atomic E-state index is -0.845. The molecular formula is C5H10O3S. The van der Waals surface area contributed by atoms with Crippen LogP contribution in [0, 0.1) is 0 Å². The molecule has 54 valence electrons. The van der Waals surface area contributed by atoms with E-state index in [0.29, 0.717) is 12.2 Å². The highest BCUT2D eigenvalue weighted by atomic mass is 32.2. The molecule has 9 heavy (non-hydrogen) atoms. The molecule has 1 unspecified atom stereocenters. The third-order valence-electron chi connectivity index (χ3n) is 0.822. The second-order valence-corrected chi connectivity index (χ2v) is 3.33. The Labute approximate surface area is 56.5 Å². The quantitative estimate of drug-likeness (QED) is 0.624. The largest absolute Gasteiger partial charge is 0.481 e. The van der Waals surface area contributed by atoms with Gasteiger partial charge < -0.3 is 5.11 Å². The van der Waals surface area contributed by atoms with Crippen LogP contribution in [0.15, 0.2) is 0 Å². The lowest BCUT2D eigenvalue weighted by atomic mass is 10.3. The monoisotopic (exact) mass is 150 g/mol. The first kappa shape index (κ1) is 8.62. The smallest absolute Gasteiger partial charge is 0.303 e. The van der Waals surface area contributed by atoms with Crippen LogP contribution in [0.4, 0.5) is 0 Å². The summed E-state index contributed by atoms with van der Waals surface area (Å²) < 4.78 is 10.3. The highest BCUT2D eigenvalue weighted by Gasteiger charge is 1.96. The van der Waals surface area contributed by atoms with Gasteiger partial charge in [-0.3, -0.25) is 9.00 Å². The van der Waals surface area contributed by atoms with E-state index in [1.54, 1.807) is 6.26 Å². The van der Waals surface area contributed by atoms with Crippen molar-refractivity contribution in [1.29, 1.82) is 0 Å². The number of carbonyl (C=O) groups is 1. The van der Waals surface area contributed by atoms with Gasteiger partial charge in [0.2, 0.25) is 0 Å². The third-order valence-corrected chi connectivity index (χ3v) is 1.69. The van der Waals surface area contributed by atoms with Crippen LogP contribution in [0.1, 0.15) is 12.8 Å². The zero-order valence-electron chi connectivity index (χ0n) is 5.29. The average molecular weight is 150 g/mol. The number of carboxylic acids is 1. The maximum absolute atomic E-state index is 10.3. The van der Waals surface area contributed by atoms with Gasteiger partial charge in [0.05, 0.1) is 0 Å². The van der Waals surface area contributed by atoms with Crippen LogP contribution in [0.5, 0.6) is 0 Å². The van der Waals surface area contributed by atoms with E-state index in [1.807, 2.05) is 0 Å². The molecule has 0 amide bonds. The zero-order chi connectivity index (χ0) is 7.28. The Morgan fingerprint density at radius 1 is 1.67 bits per heavy atom. The lowest BCUT2D eigenvalue weighted by Gasteiger charge is -1.90. The van der Waals surface area contributed by atoms with Gasteiger partial charge in [-0.15, -0.1) is 0 Å². The summed E-state index contributed by atoms with van der Waals surface area (Å²) in [4.78, 5) is 9.88. The molecule has 0 fully saturated rings. The molecule has 0 spiro atoms. The van der Waals surface area contributed by atoms with E-state index in [9.17, 15) is 9.00 Å². The van der Waals surface area contributed by atoms with E-state index in [0.717, 1.165) is 0 Å². The minimum absolute atomic E-state index is 0.125. The molecule has 1 atom stereocenters. The molecule has 3 nitrogen and oxygen atoms in total. The van der Waals surface area contributed by atoms with E-state index in [2.05, 4.69) is 0 Å². The van der Waals surface area contributed by atoms with Crippen LogP contribution < -0.4 is 0 Å². The van der Waals surface area contributed by atoms with Crippen molar-refractivity contribution in [2.75, 3.05) is 12.0 Å². The second-order valence-electron chi connectivity index (χ2n) is 1.77. The Balaban J connectivity index is 3.10. The predicted molar refractivity (Wildman–Crippen MR) is 35.8 cm³/mol. The highest BCUT2D eigenvalue weighted by Crippen LogP contribution is 1.89. The molecule has 0 aromatic carbocycles. The number of hydrogen-bond acceptors (Lipinski definition) is 2. The summed E-state index contributed by atoms with van der Waals surface area (Å²) in [7, 11) is -0.845. The van der Waals surface area contributed by atoms with Gasteiger partial charge in [0.15, 0.2) is 0 Å². The van der Waals surface area contributed by atoms with Gasteiger partial charge in [-0.1, -0.05) is 0 Å². The number of hydrogen-bond donors (Lipinski definition) is 1. The van der Waals surface area contributed by atoms with Gasteiger partial charge in [-0.25, -0.2) is 0 Å². The number of rotatable bonds is 4. The molecular weight excluding hydrogens is 140 g/mol. The Kier molecular flexibility index (Phi) is 4.30. The van der Waals surface area contributed by atoms with Crippen LogP contribution in [0.3, 0.4) is 0 Å². The molecule has 0 aliphatic carbocycles. The van der Waals surface area contributed by atoms with Crippen molar-refractivity contribution in [3.05, 3.63) is 0 Å². The van der Waals surface area contributed by atoms with Crippen LogP contribution >= 0.6 is 0 Å². The SMILES string of the molecule is CS(=O)CCCC(=O)O. The molecule has 0 heterocycles.